The third-order valence-electron chi connectivity index (χ3n) is 2.03. The lowest BCUT2D eigenvalue weighted by Gasteiger charge is -2.06. The molecular weight excluding hydrogens is 324 g/mol. The molecule has 0 spiro atoms. The number of alkyl halides is 1. The number of rotatable bonds is 4. The van der Waals surface area contributed by atoms with Crippen molar-refractivity contribution in [3.05, 3.63) is 34.3 Å². The number of amides is 1. The fourth-order valence-electron chi connectivity index (χ4n) is 1.25. The van der Waals surface area contributed by atoms with E-state index in [1.54, 1.807) is 18.2 Å². The molecule has 0 bridgehead atoms. The molecule has 82 valence electrons. The van der Waals surface area contributed by atoms with Gasteiger partial charge in [-0.1, -0.05) is 34.2 Å². The van der Waals surface area contributed by atoms with Crippen LogP contribution in [-0.4, -0.2) is 16.9 Å². The SMILES string of the molecule is Cc1cc(Cl)ccc1C(=O)NCCCI. The van der Waals surface area contributed by atoms with Gasteiger partial charge in [-0.3, -0.25) is 4.79 Å². The summed E-state index contributed by atoms with van der Waals surface area (Å²) in [6, 6.07) is 5.30. The molecule has 0 radical (unpaired) electrons. The Hall–Kier alpha value is -0.290. The van der Waals surface area contributed by atoms with E-state index in [-0.39, 0.29) is 5.91 Å². The zero-order valence-corrected chi connectivity index (χ0v) is 11.4. The summed E-state index contributed by atoms with van der Waals surface area (Å²) in [5, 5.41) is 3.54. The normalized spacial score (nSPS) is 10.1. The van der Waals surface area contributed by atoms with Gasteiger partial charge in [-0.15, -0.1) is 0 Å². The summed E-state index contributed by atoms with van der Waals surface area (Å²) in [4.78, 5) is 11.7. The van der Waals surface area contributed by atoms with Crippen molar-refractivity contribution in [3.63, 3.8) is 0 Å². The molecule has 0 heterocycles. The van der Waals surface area contributed by atoms with E-state index in [9.17, 15) is 4.79 Å². The van der Waals surface area contributed by atoms with Gasteiger partial charge in [-0.25, -0.2) is 0 Å². The lowest BCUT2D eigenvalue weighted by atomic mass is 10.1. The van der Waals surface area contributed by atoms with E-state index in [0.29, 0.717) is 10.6 Å². The first-order valence-corrected chi connectivity index (χ1v) is 6.66. The highest BCUT2D eigenvalue weighted by atomic mass is 127. The number of aryl methyl sites for hydroxylation is 1. The van der Waals surface area contributed by atoms with E-state index in [4.69, 9.17) is 11.6 Å². The Kier molecular flexibility index (Phi) is 5.39. The highest BCUT2D eigenvalue weighted by molar-refractivity contribution is 14.1. The second-order valence-electron chi connectivity index (χ2n) is 3.26. The van der Waals surface area contributed by atoms with Gasteiger partial charge in [0.15, 0.2) is 0 Å². The van der Waals surface area contributed by atoms with Gasteiger partial charge in [-0.05, 0) is 37.1 Å². The average Bonchev–Trinajstić information content (AvgIpc) is 2.17. The molecule has 15 heavy (non-hydrogen) atoms. The fraction of sp³-hybridized carbons (Fsp3) is 0.364. The van der Waals surface area contributed by atoms with E-state index >= 15 is 0 Å². The van der Waals surface area contributed by atoms with Crippen LogP contribution in [0.5, 0.6) is 0 Å². The molecule has 1 N–H and O–H groups in total. The number of nitrogens with one attached hydrogen (secondary N) is 1. The Balaban J connectivity index is 2.65. The maximum Gasteiger partial charge on any atom is 0.251 e. The second kappa shape index (κ2) is 6.33. The highest BCUT2D eigenvalue weighted by Crippen LogP contribution is 2.14. The van der Waals surface area contributed by atoms with Crippen LogP contribution in [0.1, 0.15) is 22.3 Å². The van der Waals surface area contributed by atoms with E-state index in [0.717, 1.165) is 23.0 Å². The molecule has 0 saturated carbocycles. The first-order valence-electron chi connectivity index (χ1n) is 4.75. The van der Waals surface area contributed by atoms with Crippen molar-refractivity contribution in [3.8, 4) is 0 Å². The molecule has 0 atom stereocenters. The van der Waals surface area contributed by atoms with Crippen LogP contribution in [0.2, 0.25) is 5.02 Å². The fourth-order valence-corrected chi connectivity index (χ4v) is 1.85. The van der Waals surface area contributed by atoms with Crippen molar-refractivity contribution in [1.29, 1.82) is 0 Å². The van der Waals surface area contributed by atoms with Crippen LogP contribution in [0.25, 0.3) is 0 Å². The van der Waals surface area contributed by atoms with Gasteiger partial charge in [0, 0.05) is 21.6 Å². The Labute approximate surface area is 109 Å². The van der Waals surface area contributed by atoms with Crippen LogP contribution in [0, 0.1) is 6.92 Å². The van der Waals surface area contributed by atoms with E-state index in [2.05, 4.69) is 27.9 Å². The summed E-state index contributed by atoms with van der Waals surface area (Å²) in [7, 11) is 0. The predicted octanol–water partition coefficient (Wildman–Crippen LogP) is 3.20. The third kappa shape index (κ3) is 3.99. The van der Waals surface area contributed by atoms with E-state index in [1.165, 1.54) is 0 Å². The van der Waals surface area contributed by atoms with Gasteiger partial charge in [-0.2, -0.15) is 0 Å². The maximum absolute atomic E-state index is 11.7. The molecule has 0 aliphatic heterocycles. The Morgan fingerprint density at radius 1 is 1.53 bits per heavy atom. The zero-order chi connectivity index (χ0) is 11.3. The van der Waals surface area contributed by atoms with Crippen molar-refractivity contribution in [1.82, 2.24) is 5.32 Å². The molecule has 0 saturated heterocycles. The quantitative estimate of drug-likeness (QED) is 0.510. The van der Waals surface area contributed by atoms with Crippen molar-refractivity contribution in [2.45, 2.75) is 13.3 Å². The van der Waals surface area contributed by atoms with Gasteiger partial charge in [0.1, 0.15) is 0 Å². The van der Waals surface area contributed by atoms with Crippen molar-refractivity contribution >= 4 is 40.1 Å². The summed E-state index contributed by atoms with van der Waals surface area (Å²) in [6.45, 7) is 2.61. The molecule has 4 heteroatoms. The number of carbonyl (C=O) groups is 1. The standard InChI is InChI=1S/C11H13ClINO/c1-8-7-9(12)3-4-10(8)11(15)14-6-2-5-13/h3-4,7H,2,5-6H2,1H3,(H,14,15). The van der Waals surface area contributed by atoms with Crippen molar-refractivity contribution < 1.29 is 4.79 Å². The average molecular weight is 338 g/mol. The van der Waals surface area contributed by atoms with Crippen LogP contribution in [0.15, 0.2) is 18.2 Å². The molecule has 1 amide bonds. The summed E-state index contributed by atoms with van der Waals surface area (Å²) in [5.41, 5.74) is 1.61. The highest BCUT2D eigenvalue weighted by Gasteiger charge is 2.07. The van der Waals surface area contributed by atoms with Gasteiger partial charge in [0.05, 0.1) is 0 Å². The maximum atomic E-state index is 11.7. The van der Waals surface area contributed by atoms with Crippen LogP contribution < -0.4 is 5.32 Å². The lowest BCUT2D eigenvalue weighted by molar-refractivity contribution is 0.0953. The molecule has 1 aromatic rings. The largest absolute Gasteiger partial charge is 0.352 e. The Bertz CT molecular complexity index is 354. The Morgan fingerprint density at radius 3 is 2.87 bits per heavy atom. The van der Waals surface area contributed by atoms with Crippen LogP contribution in [-0.2, 0) is 0 Å². The van der Waals surface area contributed by atoms with E-state index < -0.39 is 0 Å². The summed E-state index contributed by atoms with van der Waals surface area (Å²) in [5.74, 6) is -0.0194. The molecular formula is C11H13ClINO. The molecule has 0 unspecified atom stereocenters. The van der Waals surface area contributed by atoms with Crippen LogP contribution in [0.3, 0.4) is 0 Å². The molecule has 0 aromatic heterocycles. The smallest absolute Gasteiger partial charge is 0.251 e. The topological polar surface area (TPSA) is 29.1 Å². The molecule has 2 nitrogen and oxygen atoms in total. The minimum atomic E-state index is -0.0194. The number of carbonyl (C=O) groups excluding carboxylic acids is 1. The van der Waals surface area contributed by atoms with Gasteiger partial charge < -0.3 is 5.32 Å². The van der Waals surface area contributed by atoms with Crippen LogP contribution >= 0.6 is 34.2 Å². The molecule has 1 aromatic carbocycles. The number of hydrogen-bond acceptors (Lipinski definition) is 1. The number of hydrogen-bond donors (Lipinski definition) is 1. The molecule has 0 fully saturated rings. The van der Waals surface area contributed by atoms with Gasteiger partial charge in [0.2, 0.25) is 0 Å². The zero-order valence-electron chi connectivity index (χ0n) is 8.52. The molecule has 0 aliphatic rings. The summed E-state index contributed by atoms with van der Waals surface area (Å²) >= 11 is 8.11. The van der Waals surface area contributed by atoms with Crippen LogP contribution in [0.4, 0.5) is 0 Å². The number of benzene rings is 1. The van der Waals surface area contributed by atoms with Crippen molar-refractivity contribution in [2.75, 3.05) is 11.0 Å². The van der Waals surface area contributed by atoms with Gasteiger partial charge >= 0.3 is 0 Å². The molecule has 1 rings (SSSR count). The summed E-state index contributed by atoms with van der Waals surface area (Å²) < 4.78 is 1.05. The monoisotopic (exact) mass is 337 g/mol. The van der Waals surface area contributed by atoms with Crippen molar-refractivity contribution in [2.24, 2.45) is 0 Å². The second-order valence-corrected chi connectivity index (χ2v) is 4.77. The first kappa shape index (κ1) is 12.8. The Morgan fingerprint density at radius 2 is 2.27 bits per heavy atom. The third-order valence-corrected chi connectivity index (χ3v) is 3.03. The van der Waals surface area contributed by atoms with Gasteiger partial charge in [0.25, 0.3) is 5.91 Å². The predicted molar refractivity (Wildman–Crippen MR) is 72.0 cm³/mol. The van der Waals surface area contributed by atoms with E-state index in [1.807, 2.05) is 6.92 Å². The summed E-state index contributed by atoms with van der Waals surface area (Å²) in [6.07, 6.45) is 0.999. The first-order chi connectivity index (χ1) is 7.15. The lowest BCUT2D eigenvalue weighted by Crippen LogP contribution is -2.25. The number of halogens is 2. The minimum absolute atomic E-state index is 0.0194. The minimum Gasteiger partial charge on any atom is -0.352 e. The molecule has 0 aliphatic carbocycles.